The number of anilines is 1. The van der Waals surface area contributed by atoms with Crippen molar-refractivity contribution in [2.45, 2.75) is 0 Å². The van der Waals surface area contributed by atoms with E-state index in [1.165, 1.54) is 0 Å². The number of nitrogen functional groups attached to an aromatic ring is 1. The number of hydrogen-bond acceptors (Lipinski definition) is 3. The molecule has 2 N–H and O–H groups in total. The van der Waals surface area contributed by atoms with Crippen molar-refractivity contribution >= 4 is 5.69 Å². The molecule has 0 aromatic heterocycles. The van der Waals surface area contributed by atoms with Crippen LogP contribution >= 0.6 is 0 Å². The van der Waals surface area contributed by atoms with Crippen LogP contribution in [0.5, 0.6) is 11.5 Å². The number of hydrogen-bond donors (Lipinski definition) is 1. The maximum Gasteiger partial charge on any atom is 0.146 e. The van der Waals surface area contributed by atoms with Gasteiger partial charge < -0.3 is 15.2 Å². The first-order valence-corrected chi connectivity index (χ1v) is 3.90. The highest BCUT2D eigenvalue weighted by molar-refractivity contribution is 5.55. The molecule has 1 aromatic rings. The molecule has 0 saturated heterocycles. The van der Waals surface area contributed by atoms with Crippen LogP contribution < -0.4 is 15.2 Å². The molecule has 0 fully saturated rings. The summed E-state index contributed by atoms with van der Waals surface area (Å²) < 4.78 is 21.8. The largest absolute Gasteiger partial charge is 0.497 e. The maximum atomic E-state index is 11.8. The molecule has 13 heavy (non-hydrogen) atoms. The lowest BCUT2D eigenvalue weighted by atomic mass is 10.3. The normalized spacial score (nSPS) is 9.69. The van der Waals surface area contributed by atoms with Crippen LogP contribution in [0, 0.1) is 0 Å². The molecule has 0 amide bonds. The molecule has 1 aromatic carbocycles. The van der Waals surface area contributed by atoms with Gasteiger partial charge in [-0.3, -0.25) is 0 Å². The van der Waals surface area contributed by atoms with Gasteiger partial charge in [-0.25, -0.2) is 4.39 Å². The highest BCUT2D eigenvalue weighted by atomic mass is 19.1. The number of alkyl halides is 1. The Morgan fingerprint density at radius 1 is 1.46 bits per heavy atom. The molecule has 0 unspecified atom stereocenters. The first-order chi connectivity index (χ1) is 6.27. The highest BCUT2D eigenvalue weighted by Gasteiger charge is 2.01. The molecule has 0 aliphatic heterocycles. The van der Waals surface area contributed by atoms with Crippen LogP contribution in [0.15, 0.2) is 18.2 Å². The zero-order chi connectivity index (χ0) is 9.68. The zero-order valence-corrected chi connectivity index (χ0v) is 7.42. The number of rotatable bonds is 4. The molecule has 0 heterocycles. The van der Waals surface area contributed by atoms with E-state index in [9.17, 15) is 4.39 Å². The van der Waals surface area contributed by atoms with Crippen LogP contribution in [0.4, 0.5) is 10.1 Å². The lowest BCUT2D eigenvalue weighted by Crippen LogP contribution is -2.01. The number of benzene rings is 1. The third-order valence-electron chi connectivity index (χ3n) is 1.56. The zero-order valence-electron chi connectivity index (χ0n) is 7.42. The van der Waals surface area contributed by atoms with Crippen molar-refractivity contribution in [3.8, 4) is 11.5 Å². The first kappa shape index (κ1) is 9.64. The number of ether oxygens (including phenoxy) is 2. The van der Waals surface area contributed by atoms with Crippen molar-refractivity contribution < 1.29 is 13.9 Å². The molecule has 0 saturated carbocycles. The average molecular weight is 185 g/mol. The molecule has 0 atom stereocenters. The van der Waals surface area contributed by atoms with Crippen molar-refractivity contribution in [1.82, 2.24) is 0 Å². The quantitative estimate of drug-likeness (QED) is 0.725. The summed E-state index contributed by atoms with van der Waals surface area (Å²) in [5.41, 5.74) is 6.06. The fourth-order valence-electron chi connectivity index (χ4n) is 0.915. The van der Waals surface area contributed by atoms with E-state index in [2.05, 4.69) is 0 Å². The Labute approximate surface area is 76.3 Å². The van der Waals surface area contributed by atoms with Crippen molar-refractivity contribution in [2.75, 3.05) is 26.1 Å². The van der Waals surface area contributed by atoms with E-state index < -0.39 is 6.67 Å². The van der Waals surface area contributed by atoms with E-state index >= 15 is 0 Å². The van der Waals surface area contributed by atoms with Crippen LogP contribution in [-0.4, -0.2) is 20.4 Å². The molecular formula is C9H12FNO2. The summed E-state index contributed by atoms with van der Waals surface area (Å²) in [7, 11) is 1.55. The Morgan fingerprint density at radius 2 is 2.23 bits per heavy atom. The molecule has 0 aliphatic carbocycles. The van der Waals surface area contributed by atoms with Gasteiger partial charge in [0.1, 0.15) is 24.8 Å². The SMILES string of the molecule is COc1ccc(N)c(OCCF)c1. The smallest absolute Gasteiger partial charge is 0.146 e. The van der Waals surface area contributed by atoms with Crippen LogP contribution in [0.1, 0.15) is 0 Å². The summed E-state index contributed by atoms with van der Waals surface area (Å²) in [6, 6.07) is 5.01. The Morgan fingerprint density at radius 3 is 2.85 bits per heavy atom. The lowest BCUT2D eigenvalue weighted by molar-refractivity contribution is 0.273. The van der Waals surface area contributed by atoms with Crippen LogP contribution in [0.2, 0.25) is 0 Å². The van der Waals surface area contributed by atoms with Crippen molar-refractivity contribution in [2.24, 2.45) is 0 Å². The third kappa shape index (κ3) is 2.50. The minimum Gasteiger partial charge on any atom is -0.497 e. The number of nitrogens with two attached hydrogens (primary N) is 1. The van der Waals surface area contributed by atoms with E-state index in [4.69, 9.17) is 15.2 Å². The van der Waals surface area contributed by atoms with E-state index in [0.29, 0.717) is 17.2 Å². The van der Waals surface area contributed by atoms with Gasteiger partial charge in [-0.05, 0) is 12.1 Å². The standard InChI is InChI=1S/C9H12FNO2/c1-12-7-2-3-8(11)9(6-7)13-5-4-10/h2-3,6H,4-5,11H2,1H3. The van der Waals surface area contributed by atoms with E-state index in [1.807, 2.05) is 0 Å². The molecule has 1 rings (SSSR count). The number of methoxy groups -OCH3 is 1. The highest BCUT2D eigenvalue weighted by Crippen LogP contribution is 2.26. The molecule has 4 heteroatoms. The van der Waals surface area contributed by atoms with Crippen molar-refractivity contribution in [3.63, 3.8) is 0 Å². The van der Waals surface area contributed by atoms with Gasteiger partial charge in [0.2, 0.25) is 0 Å². The summed E-state index contributed by atoms with van der Waals surface area (Å²) in [5.74, 6) is 1.10. The molecular weight excluding hydrogens is 173 g/mol. The van der Waals surface area contributed by atoms with Crippen LogP contribution in [0.3, 0.4) is 0 Å². The molecule has 72 valence electrons. The molecule has 0 spiro atoms. The van der Waals surface area contributed by atoms with Gasteiger partial charge >= 0.3 is 0 Å². The fourth-order valence-corrected chi connectivity index (χ4v) is 0.915. The Bertz CT molecular complexity index is 278. The van der Waals surface area contributed by atoms with Crippen molar-refractivity contribution in [1.29, 1.82) is 0 Å². The summed E-state index contributed by atoms with van der Waals surface area (Å²) in [5, 5.41) is 0. The Kier molecular flexibility index (Phi) is 3.37. The van der Waals surface area contributed by atoms with Gasteiger partial charge in [0.15, 0.2) is 0 Å². The average Bonchev–Trinajstić information content (AvgIpc) is 2.17. The van der Waals surface area contributed by atoms with Gasteiger partial charge in [0.25, 0.3) is 0 Å². The third-order valence-corrected chi connectivity index (χ3v) is 1.56. The molecule has 0 bridgehead atoms. The second-order valence-corrected chi connectivity index (χ2v) is 2.44. The molecule has 3 nitrogen and oxygen atoms in total. The van der Waals surface area contributed by atoms with E-state index in [-0.39, 0.29) is 6.61 Å². The van der Waals surface area contributed by atoms with Crippen LogP contribution in [0.25, 0.3) is 0 Å². The number of halogens is 1. The lowest BCUT2D eigenvalue weighted by Gasteiger charge is -2.08. The summed E-state index contributed by atoms with van der Waals surface area (Å²) in [6.45, 7) is -0.520. The van der Waals surface area contributed by atoms with Gasteiger partial charge in [-0.1, -0.05) is 0 Å². The predicted molar refractivity (Wildman–Crippen MR) is 48.9 cm³/mol. The molecule has 0 aliphatic rings. The predicted octanol–water partition coefficient (Wildman–Crippen LogP) is 1.63. The second-order valence-electron chi connectivity index (χ2n) is 2.44. The van der Waals surface area contributed by atoms with Gasteiger partial charge in [0, 0.05) is 6.07 Å². The summed E-state index contributed by atoms with van der Waals surface area (Å²) in [6.07, 6.45) is 0. The first-order valence-electron chi connectivity index (χ1n) is 3.90. The minimum atomic E-state index is -0.531. The maximum absolute atomic E-state index is 11.8. The van der Waals surface area contributed by atoms with Gasteiger partial charge in [-0.15, -0.1) is 0 Å². The summed E-state index contributed by atoms with van der Waals surface area (Å²) >= 11 is 0. The molecule has 0 radical (unpaired) electrons. The second kappa shape index (κ2) is 4.54. The van der Waals surface area contributed by atoms with Crippen LogP contribution in [-0.2, 0) is 0 Å². The topological polar surface area (TPSA) is 44.5 Å². The Hall–Kier alpha value is -1.45. The van der Waals surface area contributed by atoms with E-state index in [1.54, 1.807) is 25.3 Å². The minimum absolute atomic E-state index is 0.0113. The summed E-state index contributed by atoms with van der Waals surface area (Å²) in [4.78, 5) is 0. The van der Waals surface area contributed by atoms with Gasteiger partial charge in [0.05, 0.1) is 12.8 Å². The Balaban J connectivity index is 2.78. The van der Waals surface area contributed by atoms with Crippen molar-refractivity contribution in [3.05, 3.63) is 18.2 Å². The van der Waals surface area contributed by atoms with E-state index in [0.717, 1.165) is 0 Å². The van der Waals surface area contributed by atoms with Gasteiger partial charge in [-0.2, -0.15) is 0 Å². The fraction of sp³-hybridized carbons (Fsp3) is 0.333. The monoisotopic (exact) mass is 185 g/mol.